The Balaban J connectivity index is 2.66. The molecular weight excluding hydrogens is 226 g/mol. The predicted octanol–water partition coefficient (Wildman–Crippen LogP) is 3.09. The maximum Gasteiger partial charge on any atom is 0.289 e. The van der Waals surface area contributed by atoms with Crippen LogP contribution in [0.2, 0.25) is 0 Å². The number of hydrogen-bond acceptors (Lipinski definition) is 2. The molecule has 3 nitrogen and oxygen atoms in total. The van der Waals surface area contributed by atoms with Gasteiger partial charge in [-0.1, -0.05) is 0 Å². The zero-order valence-corrected chi connectivity index (χ0v) is 10.3. The SMILES string of the molecule is CC(C)n1nc(C(C)(F)F)c2c1CCCC2=O. The van der Waals surface area contributed by atoms with Gasteiger partial charge in [-0.05, 0) is 26.7 Å². The molecule has 0 aliphatic heterocycles. The van der Waals surface area contributed by atoms with Crippen molar-refractivity contribution in [1.82, 2.24) is 9.78 Å². The first kappa shape index (κ1) is 12.2. The van der Waals surface area contributed by atoms with Crippen molar-refractivity contribution < 1.29 is 13.6 Å². The molecule has 0 N–H and O–H groups in total. The van der Waals surface area contributed by atoms with Gasteiger partial charge in [-0.2, -0.15) is 13.9 Å². The molecule has 0 amide bonds. The molecule has 1 aliphatic carbocycles. The van der Waals surface area contributed by atoms with Gasteiger partial charge in [0.25, 0.3) is 5.92 Å². The Morgan fingerprint density at radius 1 is 1.35 bits per heavy atom. The van der Waals surface area contributed by atoms with Crippen LogP contribution in [0.4, 0.5) is 8.78 Å². The summed E-state index contributed by atoms with van der Waals surface area (Å²) in [5.74, 6) is -3.26. The highest BCUT2D eigenvalue weighted by atomic mass is 19.3. The quantitative estimate of drug-likeness (QED) is 0.798. The minimum atomic E-state index is -3.06. The Morgan fingerprint density at radius 2 is 2.00 bits per heavy atom. The van der Waals surface area contributed by atoms with Crippen molar-refractivity contribution in [3.63, 3.8) is 0 Å². The number of rotatable bonds is 2. The van der Waals surface area contributed by atoms with Crippen LogP contribution in [-0.4, -0.2) is 15.6 Å². The van der Waals surface area contributed by atoms with Gasteiger partial charge in [0.1, 0.15) is 5.69 Å². The van der Waals surface area contributed by atoms with Crippen LogP contribution in [-0.2, 0) is 12.3 Å². The Labute approximate surface area is 98.8 Å². The minimum Gasteiger partial charge on any atom is -0.294 e. The lowest BCUT2D eigenvalue weighted by Crippen LogP contribution is -2.17. The minimum absolute atomic E-state index is 0.00856. The molecule has 1 aromatic heterocycles. The van der Waals surface area contributed by atoms with E-state index in [1.807, 2.05) is 13.8 Å². The lowest BCUT2D eigenvalue weighted by atomic mass is 9.93. The summed E-state index contributed by atoms with van der Waals surface area (Å²) >= 11 is 0. The van der Waals surface area contributed by atoms with Crippen LogP contribution in [0.3, 0.4) is 0 Å². The number of halogens is 2. The fraction of sp³-hybridized carbons (Fsp3) is 0.667. The van der Waals surface area contributed by atoms with E-state index in [4.69, 9.17) is 0 Å². The van der Waals surface area contributed by atoms with E-state index in [1.165, 1.54) is 0 Å². The molecular formula is C12H16F2N2O. The fourth-order valence-electron chi connectivity index (χ4n) is 2.28. The van der Waals surface area contributed by atoms with Crippen LogP contribution >= 0.6 is 0 Å². The summed E-state index contributed by atoms with van der Waals surface area (Å²) in [6.45, 7) is 4.55. The first-order valence-corrected chi connectivity index (χ1v) is 5.85. The van der Waals surface area contributed by atoms with E-state index in [1.54, 1.807) is 4.68 Å². The van der Waals surface area contributed by atoms with Gasteiger partial charge in [0, 0.05) is 19.4 Å². The molecule has 94 valence electrons. The van der Waals surface area contributed by atoms with E-state index in [9.17, 15) is 13.6 Å². The first-order valence-electron chi connectivity index (χ1n) is 5.85. The van der Waals surface area contributed by atoms with Crippen molar-refractivity contribution in [3.05, 3.63) is 17.0 Å². The monoisotopic (exact) mass is 242 g/mol. The van der Waals surface area contributed by atoms with Crippen LogP contribution in [0.1, 0.15) is 61.4 Å². The predicted molar refractivity (Wildman–Crippen MR) is 59.4 cm³/mol. The third-order valence-electron chi connectivity index (χ3n) is 3.01. The van der Waals surface area contributed by atoms with Crippen LogP contribution in [0.25, 0.3) is 0 Å². The van der Waals surface area contributed by atoms with Gasteiger partial charge in [-0.3, -0.25) is 9.48 Å². The van der Waals surface area contributed by atoms with E-state index in [2.05, 4.69) is 5.10 Å². The highest BCUT2D eigenvalue weighted by Crippen LogP contribution is 2.35. The molecule has 5 heteroatoms. The van der Waals surface area contributed by atoms with Crippen LogP contribution in [0.15, 0.2) is 0 Å². The molecule has 1 aromatic rings. The molecule has 2 rings (SSSR count). The molecule has 17 heavy (non-hydrogen) atoms. The van der Waals surface area contributed by atoms with Gasteiger partial charge in [-0.25, -0.2) is 0 Å². The number of ketones is 1. The molecule has 1 aliphatic rings. The molecule has 0 atom stereocenters. The summed E-state index contributed by atoms with van der Waals surface area (Å²) in [6.07, 6.45) is 1.72. The number of fused-ring (bicyclic) bond motifs is 1. The number of aromatic nitrogens is 2. The van der Waals surface area contributed by atoms with Gasteiger partial charge < -0.3 is 0 Å². The van der Waals surface area contributed by atoms with E-state index in [0.29, 0.717) is 18.5 Å². The van der Waals surface area contributed by atoms with Crippen molar-refractivity contribution in [2.24, 2.45) is 0 Å². The third kappa shape index (κ3) is 1.98. The van der Waals surface area contributed by atoms with E-state index in [0.717, 1.165) is 13.3 Å². The number of hydrogen-bond donors (Lipinski definition) is 0. The highest BCUT2D eigenvalue weighted by molar-refractivity contribution is 5.99. The Kier molecular flexibility index (Phi) is 2.79. The second-order valence-corrected chi connectivity index (χ2v) is 4.87. The van der Waals surface area contributed by atoms with Gasteiger partial charge in [-0.15, -0.1) is 0 Å². The second kappa shape index (κ2) is 3.89. The van der Waals surface area contributed by atoms with E-state index >= 15 is 0 Å². The summed E-state index contributed by atoms with van der Waals surface area (Å²) in [4.78, 5) is 11.8. The number of Topliss-reactive ketones (excluding diaryl/α,β-unsaturated/α-hetero) is 1. The Bertz CT molecular complexity index is 458. The van der Waals surface area contributed by atoms with E-state index in [-0.39, 0.29) is 23.1 Å². The van der Waals surface area contributed by atoms with Gasteiger partial charge in [0.15, 0.2) is 5.78 Å². The van der Waals surface area contributed by atoms with Gasteiger partial charge in [0.05, 0.1) is 11.3 Å². The number of nitrogens with zero attached hydrogens (tertiary/aromatic N) is 2. The molecule has 0 saturated carbocycles. The largest absolute Gasteiger partial charge is 0.294 e. The Morgan fingerprint density at radius 3 is 2.53 bits per heavy atom. The molecule has 0 spiro atoms. The third-order valence-corrected chi connectivity index (χ3v) is 3.01. The average molecular weight is 242 g/mol. The standard InChI is InChI=1S/C12H16F2N2O/c1-7(2)16-8-5-4-6-9(17)10(8)11(15-16)12(3,13)14/h7H,4-6H2,1-3H3. The smallest absolute Gasteiger partial charge is 0.289 e. The number of carbonyl (C=O) groups excluding carboxylic acids is 1. The molecule has 0 saturated heterocycles. The fourth-order valence-corrected chi connectivity index (χ4v) is 2.28. The maximum absolute atomic E-state index is 13.5. The van der Waals surface area contributed by atoms with Gasteiger partial charge in [0.2, 0.25) is 0 Å². The van der Waals surface area contributed by atoms with Gasteiger partial charge >= 0.3 is 0 Å². The first-order chi connectivity index (χ1) is 7.82. The second-order valence-electron chi connectivity index (χ2n) is 4.87. The Hall–Kier alpha value is -1.26. The van der Waals surface area contributed by atoms with Crippen LogP contribution in [0, 0.1) is 0 Å². The van der Waals surface area contributed by atoms with Crippen LogP contribution in [0.5, 0.6) is 0 Å². The molecule has 0 radical (unpaired) electrons. The molecule has 0 fully saturated rings. The summed E-state index contributed by atoms with van der Waals surface area (Å²) in [6, 6.07) is -0.00856. The van der Waals surface area contributed by atoms with Crippen molar-refractivity contribution in [1.29, 1.82) is 0 Å². The van der Waals surface area contributed by atoms with Crippen LogP contribution < -0.4 is 0 Å². The zero-order chi connectivity index (χ0) is 12.8. The molecule has 0 aromatic carbocycles. The lowest BCUT2D eigenvalue weighted by molar-refractivity contribution is 0.0110. The highest BCUT2D eigenvalue weighted by Gasteiger charge is 2.38. The molecule has 0 bridgehead atoms. The van der Waals surface area contributed by atoms with Crippen molar-refractivity contribution in [2.75, 3.05) is 0 Å². The number of carbonyl (C=O) groups is 1. The summed E-state index contributed by atoms with van der Waals surface area (Å²) < 4.78 is 28.5. The van der Waals surface area contributed by atoms with Crippen molar-refractivity contribution in [2.45, 2.75) is 52.0 Å². The number of alkyl halides is 2. The zero-order valence-electron chi connectivity index (χ0n) is 10.3. The van der Waals surface area contributed by atoms with Crippen molar-refractivity contribution >= 4 is 5.78 Å². The normalized spacial score (nSPS) is 16.5. The average Bonchev–Trinajstić information content (AvgIpc) is 2.57. The lowest BCUT2D eigenvalue weighted by Gasteiger charge is -2.15. The summed E-state index contributed by atoms with van der Waals surface area (Å²) in [5, 5.41) is 3.96. The summed E-state index contributed by atoms with van der Waals surface area (Å²) in [5.41, 5.74) is 0.483. The topological polar surface area (TPSA) is 34.9 Å². The molecule has 0 unspecified atom stereocenters. The van der Waals surface area contributed by atoms with Crippen molar-refractivity contribution in [3.8, 4) is 0 Å². The summed E-state index contributed by atoms with van der Waals surface area (Å²) in [7, 11) is 0. The molecule has 1 heterocycles. The van der Waals surface area contributed by atoms with E-state index < -0.39 is 5.92 Å². The maximum atomic E-state index is 13.5.